The van der Waals surface area contributed by atoms with Gasteiger partial charge in [-0.1, -0.05) is 35.9 Å². The first-order chi connectivity index (χ1) is 9.25. The van der Waals surface area contributed by atoms with E-state index in [4.69, 9.17) is 11.6 Å². The second-order valence-electron chi connectivity index (χ2n) is 3.85. The lowest BCUT2D eigenvalue weighted by Crippen LogP contribution is -2.19. The van der Waals surface area contributed by atoms with E-state index < -0.39 is 0 Å². The van der Waals surface area contributed by atoms with Gasteiger partial charge in [0.2, 0.25) is 5.91 Å². The highest BCUT2D eigenvalue weighted by Gasteiger charge is 2.04. The van der Waals surface area contributed by atoms with Crippen LogP contribution in [0.1, 0.15) is 11.1 Å². The summed E-state index contributed by atoms with van der Waals surface area (Å²) in [6, 6.07) is 10.9. The molecular formula is C14H12ClN3O. The second kappa shape index (κ2) is 6.66. The molecule has 0 aliphatic heterocycles. The zero-order valence-corrected chi connectivity index (χ0v) is 10.8. The molecule has 0 atom stereocenters. The molecule has 0 spiro atoms. The number of nitrogens with zero attached hydrogens (tertiary/aromatic N) is 2. The highest BCUT2D eigenvalue weighted by molar-refractivity contribution is 6.31. The molecule has 1 amide bonds. The fraction of sp³-hybridized carbons (Fsp3) is 0.0714. The third kappa shape index (κ3) is 4.19. The van der Waals surface area contributed by atoms with Crippen molar-refractivity contribution >= 4 is 23.7 Å². The summed E-state index contributed by atoms with van der Waals surface area (Å²) in [5.74, 6) is -0.215. The Bertz CT molecular complexity index is 584. The number of halogens is 1. The molecule has 5 heteroatoms. The molecule has 1 heterocycles. The Labute approximate surface area is 116 Å². The van der Waals surface area contributed by atoms with Gasteiger partial charge in [0.05, 0.1) is 12.6 Å². The minimum atomic E-state index is -0.215. The summed E-state index contributed by atoms with van der Waals surface area (Å²) in [5.41, 5.74) is 4.05. The first-order valence-corrected chi connectivity index (χ1v) is 6.09. The van der Waals surface area contributed by atoms with Gasteiger partial charge in [-0.2, -0.15) is 5.10 Å². The minimum Gasteiger partial charge on any atom is -0.273 e. The highest BCUT2D eigenvalue weighted by atomic mass is 35.5. The molecule has 0 saturated heterocycles. The molecule has 0 aliphatic carbocycles. The Balaban J connectivity index is 1.89. The Morgan fingerprint density at radius 2 is 2.16 bits per heavy atom. The van der Waals surface area contributed by atoms with Crippen LogP contribution in [0.3, 0.4) is 0 Å². The lowest BCUT2D eigenvalue weighted by atomic mass is 10.1. The number of benzene rings is 1. The number of carbonyl (C=O) groups excluding carboxylic acids is 1. The predicted octanol–water partition coefficient (Wildman–Crippen LogP) is 2.43. The van der Waals surface area contributed by atoms with E-state index in [0.717, 1.165) is 11.1 Å². The van der Waals surface area contributed by atoms with Crippen LogP contribution in [0.25, 0.3) is 0 Å². The molecule has 2 aromatic rings. The quantitative estimate of drug-likeness (QED) is 0.687. The molecule has 0 fully saturated rings. The van der Waals surface area contributed by atoms with Crippen molar-refractivity contribution in [2.75, 3.05) is 0 Å². The summed E-state index contributed by atoms with van der Waals surface area (Å²) in [5, 5.41) is 4.44. The van der Waals surface area contributed by atoms with Crippen molar-refractivity contribution in [2.45, 2.75) is 6.42 Å². The summed E-state index contributed by atoms with van der Waals surface area (Å²) >= 11 is 5.97. The fourth-order valence-corrected chi connectivity index (χ4v) is 1.69. The number of pyridine rings is 1. The predicted molar refractivity (Wildman–Crippen MR) is 75.1 cm³/mol. The van der Waals surface area contributed by atoms with E-state index in [0.29, 0.717) is 5.02 Å². The molecular weight excluding hydrogens is 262 g/mol. The monoisotopic (exact) mass is 273 g/mol. The standard InChI is InChI=1S/C14H12ClN3O/c15-13-6-2-1-5-12(13)8-14(19)18-17-10-11-4-3-7-16-9-11/h1-7,9-10H,8H2,(H,18,19). The number of hydrazone groups is 1. The van der Waals surface area contributed by atoms with Gasteiger partial charge in [-0.25, -0.2) is 5.43 Å². The van der Waals surface area contributed by atoms with Crippen LogP contribution in [0.5, 0.6) is 0 Å². The molecule has 0 unspecified atom stereocenters. The molecule has 4 nitrogen and oxygen atoms in total. The minimum absolute atomic E-state index is 0.198. The normalized spacial score (nSPS) is 10.6. The van der Waals surface area contributed by atoms with E-state index in [1.165, 1.54) is 6.21 Å². The van der Waals surface area contributed by atoms with Gasteiger partial charge in [-0.15, -0.1) is 0 Å². The van der Waals surface area contributed by atoms with Crippen LogP contribution < -0.4 is 5.43 Å². The molecule has 1 aromatic heterocycles. The summed E-state index contributed by atoms with van der Waals surface area (Å²) in [7, 11) is 0. The van der Waals surface area contributed by atoms with Gasteiger partial charge in [-0.3, -0.25) is 9.78 Å². The number of hydrogen-bond acceptors (Lipinski definition) is 3. The zero-order chi connectivity index (χ0) is 13.5. The van der Waals surface area contributed by atoms with Crippen molar-refractivity contribution < 1.29 is 4.79 Å². The van der Waals surface area contributed by atoms with Crippen LogP contribution in [-0.2, 0) is 11.2 Å². The third-order valence-electron chi connectivity index (χ3n) is 2.40. The van der Waals surface area contributed by atoms with Gasteiger partial charge >= 0.3 is 0 Å². The molecule has 0 radical (unpaired) electrons. The van der Waals surface area contributed by atoms with Crippen molar-refractivity contribution in [3.8, 4) is 0 Å². The molecule has 0 saturated carbocycles. The number of amides is 1. The lowest BCUT2D eigenvalue weighted by Gasteiger charge is -2.02. The van der Waals surface area contributed by atoms with E-state index in [-0.39, 0.29) is 12.3 Å². The van der Waals surface area contributed by atoms with Crippen LogP contribution in [-0.4, -0.2) is 17.1 Å². The van der Waals surface area contributed by atoms with Crippen molar-refractivity contribution in [2.24, 2.45) is 5.10 Å². The Morgan fingerprint density at radius 1 is 1.32 bits per heavy atom. The number of aromatic nitrogens is 1. The average Bonchev–Trinajstić information content (AvgIpc) is 2.43. The number of rotatable bonds is 4. The smallest absolute Gasteiger partial charge is 0.244 e. The zero-order valence-electron chi connectivity index (χ0n) is 10.1. The maximum absolute atomic E-state index is 11.7. The van der Waals surface area contributed by atoms with Gasteiger partial charge in [0.1, 0.15) is 0 Å². The number of carbonyl (C=O) groups is 1. The van der Waals surface area contributed by atoms with Crippen LogP contribution in [0.15, 0.2) is 53.9 Å². The summed E-state index contributed by atoms with van der Waals surface area (Å²) in [6.45, 7) is 0. The van der Waals surface area contributed by atoms with E-state index >= 15 is 0 Å². The topological polar surface area (TPSA) is 54.4 Å². The van der Waals surface area contributed by atoms with Crippen molar-refractivity contribution in [3.05, 3.63) is 64.9 Å². The van der Waals surface area contributed by atoms with Crippen molar-refractivity contribution in [1.82, 2.24) is 10.4 Å². The van der Waals surface area contributed by atoms with Crippen molar-refractivity contribution in [1.29, 1.82) is 0 Å². The molecule has 1 aromatic carbocycles. The SMILES string of the molecule is O=C(Cc1ccccc1Cl)NN=Cc1cccnc1. The summed E-state index contributed by atoms with van der Waals surface area (Å²) in [4.78, 5) is 15.6. The molecule has 0 aliphatic rings. The maximum atomic E-state index is 11.7. The highest BCUT2D eigenvalue weighted by Crippen LogP contribution is 2.15. The first-order valence-electron chi connectivity index (χ1n) is 5.71. The van der Waals surface area contributed by atoms with Crippen LogP contribution >= 0.6 is 11.6 Å². The van der Waals surface area contributed by atoms with E-state index in [1.54, 1.807) is 24.5 Å². The Hall–Kier alpha value is -2.20. The molecule has 1 N–H and O–H groups in total. The van der Waals surface area contributed by atoms with Crippen molar-refractivity contribution in [3.63, 3.8) is 0 Å². The van der Waals surface area contributed by atoms with E-state index in [2.05, 4.69) is 15.5 Å². The largest absolute Gasteiger partial charge is 0.273 e. The average molecular weight is 274 g/mol. The maximum Gasteiger partial charge on any atom is 0.244 e. The summed E-state index contributed by atoms with van der Waals surface area (Å²) < 4.78 is 0. The molecule has 2 rings (SSSR count). The molecule has 0 bridgehead atoms. The number of nitrogens with one attached hydrogen (secondary N) is 1. The van der Waals surface area contributed by atoms with Crippen LogP contribution in [0.2, 0.25) is 5.02 Å². The molecule has 19 heavy (non-hydrogen) atoms. The van der Waals surface area contributed by atoms with Gasteiger partial charge < -0.3 is 0 Å². The van der Waals surface area contributed by atoms with Crippen LogP contribution in [0, 0.1) is 0 Å². The Morgan fingerprint density at radius 3 is 2.89 bits per heavy atom. The van der Waals surface area contributed by atoms with E-state index in [9.17, 15) is 4.79 Å². The lowest BCUT2D eigenvalue weighted by molar-refractivity contribution is -0.120. The van der Waals surface area contributed by atoms with E-state index in [1.807, 2.05) is 24.3 Å². The van der Waals surface area contributed by atoms with Gasteiger partial charge in [0.25, 0.3) is 0 Å². The summed E-state index contributed by atoms with van der Waals surface area (Å²) in [6.07, 6.45) is 5.07. The third-order valence-corrected chi connectivity index (χ3v) is 2.76. The van der Waals surface area contributed by atoms with Gasteiger partial charge in [0, 0.05) is 23.0 Å². The number of hydrogen-bond donors (Lipinski definition) is 1. The fourth-order valence-electron chi connectivity index (χ4n) is 1.49. The van der Waals surface area contributed by atoms with Crippen LogP contribution in [0.4, 0.5) is 0 Å². The Kier molecular flexibility index (Phi) is 4.64. The van der Waals surface area contributed by atoms with Gasteiger partial charge in [0.15, 0.2) is 0 Å². The first kappa shape index (κ1) is 13.2. The molecule has 96 valence electrons. The van der Waals surface area contributed by atoms with Gasteiger partial charge in [-0.05, 0) is 17.7 Å². The second-order valence-corrected chi connectivity index (χ2v) is 4.25.